The number of carbonyl (C=O) groups excluding carboxylic acids is 3. The van der Waals surface area contributed by atoms with Crippen LogP contribution in [0.5, 0.6) is 0 Å². The molecule has 136 valence electrons. The zero-order valence-corrected chi connectivity index (χ0v) is 15.1. The summed E-state index contributed by atoms with van der Waals surface area (Å²) in [4.78, 5) is 45.9. The van der Waals surface area contributed by atoms with E-state index in [4.69, 9.17) is 9.84 Å². The van der Waals surface area contributed by atoms with Crippen LogP contribution in [-0.2, 0) is 14.3 Å². The molecule has 2 aliphatic heterocycles. The molecule has 0 aromatic carbocycles. The van der Waals surface area contributed by atoms with Crippen molar-refractivity contribution in [2.75, 3.05) is 19.6 Å². The molecule has 8 nitrogen and oxygen atoms in total. The topological polar surface area (TPSA) is 104 Å². The molecule has 0 aromatic rings. The molecule has 1 N–H and O–H groups in total. The van der Waals surface area contributed by atoms with Gasteiger partial charge in [0.05, 0.1) is 19.6 Å². The van der Waals surface area contributed by atoms with Crippen molar-refractivity contribution < 1.29 is 29.0 Å². The Kier molecular flexibility index (Phi) is 5.63. The second kappa shape index (κ2) is 6.78. The summed E-state index contributed by atoms with van der Waals surface area (Å²) < 4.78 is 5.02. The Morgan fingerprint density at radius 1 is 1.04 bits per heavy atom. The van der Waals surface area contributed by atoms with E-state index in [1.54, 1.807) is 20.8 Å². The number of ketones is 2. The fourth-order valence-corrected chi connectivity index (χ4v) is 2.37. The minimum atomic E-state index is -1.01. The van der Waals surface area contributed by atoms with Crippen molar-refractivity contribution in [2.45, 2.75) is 53.2 Å². The summed E-state index contributed by atoms with van der Waals surface area (Å²) in [6, 6.07) is -0.449. The van der Waals surface area contributed by atoms with Gasteiger partial charge in [-0.1, -0.05) is 20.8 Å². The van der Waals surface area contributed by atoms with Crippen LogP contribution >= 0.6 is 0 Å². The molecule has 1 atom stereocenters. The van der Waals surface area contributed by atoms with Gasteiger partial charge in [0.1, 0.15) is 11.6 Å². The van der Waals surface area contributed by atoms with Crippen molar-refractivity contribution in [2.24, 2.45) is 5.41 Å². The fraction of sp³-hybridized carbons (Fsp3) is 0.750. The molecule has 2 heterocycles. The summed E-state index contributed by atoms with van der Waals surface area (Å²) in [5.74, 6) is 0.103. The van der Waals surface area contributed by atoms with Crippen LogP contribution < -0.4 is 0 Å². The number of likely N-dealkylation sites (tertiary alicyclic amines) is 2. The molecular formula is C16H26N2O6. The highest BCUT2D eigenvalue weighted by Gasteiger charge is 2.47. The Hall–Kier alpha value is -2.12. The second-order valence-electron chi connectivity index (χ2n) is 8.02. The van der Waals surface area contributed by atoms with E-state index >= 15 is 0 Å². The smallest absolute Gasteiger partial charge is 0.411 e. The van der Waals surface area contributed by atoms with E-state index < -0.39 is 23.8 Å². The lowest BCUT2D eigenvalue weighted by atomic mass is 9.78. The Labute approximate surface area is 141 Å². The number of nitrogens with zero attached hydrogens (tertiary/aromatic N) is 2. The minimum absolute atomic E-state index is 0.0184. The first-order valence-corrected chi connectivity index (χ1v) is 7.74. The van der Waals surface area contributed by atoms with Crippen LogP contribution in [0.2, 0.25) is 0 Å². The number of amides is 2. The van der Waals surface area contributed by atoms with Crippen molar-refractivity contribution in [1.29, 1.82) is 0 Å². The quantitative estimate of drug-likeness (QED) is 0.719. The van der Waals surface area contributed by atoms with Crippen LogP contribution in [0.3, 0.4) is 0 Å². The lowest BCUT2D eigenvalue weighted by Crippen LogP contribution is -2.64. The first-order chi connectivity index (χ1) is 10.7. The number of carboxylic acid groups (broad SMARTS) is 1. The average molecular weight is 342 g/mol. The van der Waals surface area contributed by atoms with E-state index in [2.05, 4.69) is 0 Å². The van der Waals surface area contributed by atoms with Gasteiger partial charge in [0.15, 0.2) is 11.6 Å². The van der Waals surface area contributed by atoms with E-state index in [9.17, 15) is 19.2 Å². The molecule has 8 heteroatoms. The summed E-state index contributed by atoms with van der Waals surface area (Å²) in [5.41, 5.74) is -0.760. The fourth-order valence-electron chi connectivity index (χ4n) is 2.37. The van der Waals surface area contributed by atoms with Gasteiger partial charge in [-0.05, 0) is 26.2 Å². The van der Waals surface area contributed by atoms with Crippen molar-refractivity contribution >= 4 is 23.8 Å². The van der Waals surface area contributed by atoms with Gasteiger partial charge in [-0.15, -0.1) is 0 Å². The molecule has 0 spiro atoms. The van der Waals surface area contributed by atoms with Crippen LogP contribution in [0, 0.1) is 5.41 Å². The molecule has 2 aliphatic rings. The second-order valence-corrected chi connectivity index (χ2v) is 8.02. The Morgan fingerprint density at radius 3 is 1.79 bits per heavy atom. The van der Waals surface area contributed by atoms with E-state index in [0.717, 1.165) is 0 Å². The molecular weight excluding hydrogens is 316 g/mol. The van der Waals surface area contributed by atoms with E-state index in [0.29, 0.717) is 0 Å². The number of ether oxygens (including phenoxy) is 1. The lowest BCUT2D eigenvalue weighted by molar-refractivity contribution is -0.139. The van der Waals surface area contributed by atoms with Crippen LogP contribution in [0.1, 0.15) is 41.5 Å². The summed E-state index contributed by atoms with van der Waals surface area (Å²) in [6.45, 7) is 11.5. The summed E-state index contributed by atoms with van der Waals surface area (Å²) in [5, 5.41) is 8.66. The normalized spacial score (nSPS) is 20.5. The number of hydrogen-bond acceptors (Lipinski definition) is 5. The first kappa shape index (κ1) is 19.9. The van der Waals surface area contributed by atoms with Gasteiger partial charge in [0.2, 0.25) is 0 Å². The number of carbonyl (C=O) groups is 4. The molecule has 0 aromatic heterocycles. The van der Waals surface area contributed by atoms with E-state index in [1.165, 1.54) is 9.80 Å². The maximum Gasteiger partial charge on any atom is 0.411 e. The Bertz CT molecular complexity index is 536. The largest absolute Gasteiger partial charge is 0.465 e. The molecule has 0 aliphatic carbocycles. The van der Waals surface area contributed by atoms with Crippen molar-refractivity contribution in [3.05, 3.63) is 0 Å². The van der Waals surface area contributed by atoms with Gasteiger partial charge in [-0.25, -0.2) is 9.59 Å². The summed E-state index contributed by atoms with van der Waals surface area (Å²) >= 11 is 0. The highest BCUT2D eigenvalue weighted by atomic mass is 16.6. The molecule has 0 bridgehead atoms. The van der Waals surface area contributed by atoms with Crippen LogP contribution in [-0.4, -0.2) is 69.9 Å². The third kappa shape index (κ3) is 5.21. The standard InChI is InChI=1S/2C8H13NO3/c1-8(2,3)12-7(11)9-4-6(10)5-9;1-8(2,3)6-5(10)4-9(6)7(11)12/h4-5H2,1-3H3;6H,4H2,1-3H3,(H,11,12). The first-order valence-electron chi connectivity index (χ1n) is 7.74. The van der Waals surface area contributed by atoms with Gasteiger partial charge in [-0.2, -0.15) is 0 Å². The average Bonchev–Trinajstić information content (AvgIpc) is 2.27. The summed E-state index contributed by atoms with van der Waals surface area (Å²) in [6.07, 6.45) is -1.41. The third-order valence-corrected chi connectivity index (χ3v) is 3.39. The Morgan fingerprint density at radius 2 is 1.54 bits per heavy atom. The van der Waals surface area contributed by atoms with Crippen LogP contribution in [0.4, 0.5) is 9.59 Å². The number of Topliss-reactive ketones (excluding diaryl/α,β-unsaturated/α-hetero) is 2. The van der Waals surface area contributed by atoms with Crippen LogP contribution in [0.15, 0.2) is 0 Å². The predicted molar refractivity (Wildman–Crippen MR) is 85.8 cm³/mol. The van der Waals surface area contributed by atoms with Gasteiger partial charge < -0.3 is 9.84 Å². The third-order valence-electron chi connectivity index (χ3n) is 3.39. The lowest BCUT2D eigenvalue weighted by Gasteiger charge is -2.44. The van der Waals surface area contributed by atoms with Crippen molar-refractivity contribution in [3.63, 3.8) is 0 Å². The monoisotopic (exact) mass is 342 g/mol. The summed E-state index contributed by atoms with van der Waals surface area (Å²) in [7, 11) is 0. The molecule has 1 unspecified atom stereocenters. The zero-order valence-electron chi connectivity index (χ0n) is 15.1. The molecule has 2 fully saturated rings. The maximum atomic E-state index is 11.1. The maximum absolute atomic E-state index is 11.1. The van der Waals surface area contributed by atoms with Gasteiger partial charge in [0.25, 0.3) is 0 Å². The highest BCUT2D eigenvalue weighted by Crippen LogP contribution is 2.31. The highest BCUT2D eigenvalue weighted by molar-refractivity contribution is 5.97. The molecule has 2 saturated heterocycles. The SMILES string of the molecule is CC(C)(C)C1C(=O)CN1C(=O)O.CC(C)(C)OC(=O)N1CC(=O)C1. The minimum Gasteiger partial charge on any atom is -0.465 e. The Balaban J connectivity index is 0.000000240. The van der Waals surface area contributed by atoms with Crippen molar-refractivity contribution in [1.82, 2.24) is 9.80 Å². The molecule has 2 amide bonds. The van der Waals surface area contributed by atoms with Crippen molar-refractivity contribution in [3.8, 4) is 0 Å². The number of rotatable bonds is 0. The molecule has 0 radical (unpaired) electrons. The predicted octanol–water partition coefficient (Wildman–Crippen LogP) is 1.77. The van der Waals surface area contributed by atoms with Crippen LogP contribution in [0.25, 0.3) is 0 Å². The van der Waals surface area contributed by atoms with E-state index in [-0.39, 0.29) is 36.6 Å². The molecule has 24 heavy (non-hydrogen) atoms. The van der Waals surface area contributed by atoms with Gasteiger partial charge >= 0.3 is 12.2 Å². The molecule has 0 saturated carbocycles. The number of hydrogen-bond donors (Lipinski definition) is 1. The molecule has 2 rings (SSSR count). The zero-order chi connectivity index (χ0) is 18.9. The van der Waals surface area contributed by atoms with E-state index in [1.807, 2.05) is 20.8 Å². The van der Waals surface area contributed by atoms with Gasteiger partial charge in [0, 0.05) is 0 Å². The van der Waals surface area contributed by atoms with Gasteiger partial charge in [-0.3, -0.25) is 19.4 Å².